The highest BCUT2D eigenvalue weighted by Crippen LogP contribution is 2.18. The third-order valence-corrected chi connectivity index (χ3v) is 1.94. The second-order valence-electron chi connectivity index (χ2n) is 3.13. The van der Waals surface area contributed by atoms with E-state index in [0.717, 1.165) is 5.56 Å². The fourth-order valence-corrected chi connectivity index (χ4v) is 1.22. The first-order valence-electron chi connectivity index (χ1n) is 4.28. The molecule has 0 aliphatic rings. The van der Waals surface area contributed by atoms with E-state index in [1.165, 1.54) is 0 Å². The van der Waals surface area contributed by atoms with Crippen LogP contribution in [0.4, 0.5) is 5.95 Å². The first-order chi connectivity index (χ1) is 7.16. The minimum atomic E-state index is 0.171. The van der Waals surface area contributed by atoms with E-state index < -0.39 is 0 Å². The van der Waals surface area contributed by atoms with E-state index in [-0.39, 0.29) is 5.28 Å². The Morgan fingerprint density at radius 2 is 2.07 bits per heavy atom. The lowest BCUT2D eigenvalue weighted by molar-refractivity contribution is 0.568. The molecule has 2 heterocycles. The number of nitrogens with zero attached hydrogens (tertiary/aromatic N) is 4. The van der Waals surface area contributed by atoms with E-state index >= 15 is 0 Å². The molecule has 0 radical (unpaired) electrons. The lowest BCUT2D eigenvalue weighted by Gasteiger charge is -2.10. The number of hydrogen-bond acceptors (Lipinski definition) is 5. The van der Waals surface area contributed by atoms with Gasteiger partial charge in [0.2, 0.25) is 11.2 Å². The van der Waals surface area contributed by atoms with Crippen LogP contribution in [0.3, 0.4) is 0 Å². The molecule has 0 saturated carbocycles. The molecule has 6 heteroatoms. The monoisotopic (exact) mass is 224 g/mol. The average molecular weight is 225 g/mol. The zero-order valence-corrected chi connectivity index (χ0v) is 9.06. The lowest BCUT2D eigenvalue weighted by Crippen LogP contribution is -2.13. The van der Waals surface area contributed by atoms with Crippen molar-refractivity contribution >= 4 is 17.5 Å². The smallest absolute Gasteiger partial charge is 0.229 e. The largest absolute Gasteiger partial charge is 0.472 e. The van der Waals surface area contributed by atoms with E-state index in [2.05, 4.69) is 15.0 Å². The lowest BCUT2D eigenvalue weighted by atomic mass is 10.3. The highest BCUT2D eigenvalue weighted by Gasteiger charge is 2.09. The summed E-state index contributed by atoms with van der Waals surface area (Å²) in [6.45, 7) is 0. The summed E-state index contributed by atoms with van der Waals surface area (Å²) in [6.07, 6.45) is 3.12. The maximum Gasteiger partial charge on any atom is 0.229 e. The van der Waals surface area contributed by atoms with Gasteiger partial charge in [0, 0.05) is 14.1 Å². The Balaban J connectivity index is 2.49. The summed E-state index contributed by atoms with van der Waals surface area (Å²) >= 11 is 5.79. The van der Waals surface area contributed by atoms with Crippen LogP contribution in [-0.4, -0.2) is 29.0 Å². The molecule has 78 valence electrons. The molecular formula is C9H9ClN4O. The van der Waals surface area contributed by atoms with E-state index in [4.69, 9.17) is 16.0 Å². The van der Waals surface area contributed by atoms with Crippen molar-refractivity contribution in [2.75, 3.05) is 19.0 Å². The maximum absolute atomic E-state index is 5.79. The molecule has 2 rings (SSSR count). The normalized spacial score (nSPS) is 10.3. The molecule has 0 spiro atoms. The molecule has 2 aromatic heterocycles. The van der Waals surface area contributed by atoms with E-state index in [9.17, 15) is 0 Å². The minimum absolute atomic E-state index is 0.171. The van der Waals surface area contributed by atoms with Crippen molar-refractivity contribution in [1.82, 2.24) is 15.0 Å². The molecule has 0 fully saturated rings. The van der Waals surface area contributed by atoms with Crippen molar-refractivity contribution in [3.05, 3.63) is 23.9 Å². The maximum atomic E-state index is 5.79. The summed E-state index contributed by atoms with van der Waals surface area (Å²) < 4.78 is 4.95. The molecule has 0 bridgehead atoms. The van der Waals surface area contributed by atoms with Crippen LogP contribution in [0.15, 0.2) is 23.0 Å². The number of hydrogen-bond donors (Lipinski definition) is 0. The van der Waals surface area contributed by atoms with Crippen molar-refractivity contribution in [2.24, 2.45) is 0 Å². The van der Waals surface area contributed by atoms with Gasteiger partial charge in [0.15, 0.2) is 5.82 Å². The SMILES string of the molecule is CN(C)c1nc(Cl)nc(-c2ccoc2)n1. The minimum Gasteiger partial charge on any atom is -0.472 e. The van der Waals surface area contributed by atoms with Crippen LogP contribution >= 0.6 is 11.6 Å². The summed E-state index contributed by atoms with van der Waals surface area (Å²) in [4.78, 5) is 14.0. The van der Waals surface area contributed by atoms with Gasteiger partial charge < -0.3 is 9.32 Å². The van der Waals surface area contributed by atoms with Crippen LogP contribution in [-0.2, 0) is 0 Å². The van der Waals surface area contributed by atoms with Gasteiger partial charge >= 0.3 is 0 Å². The molecule has 0 aromatic carbocycles. The second-order valence-corrected chi connectivity index (χ2v) is 3.47. The van der Waals surface area contributed by atoms with Gasteiger partial charge in [-0.3, -0.25) is 0 Å². The van der Waals surface area contributed by atoms with Gasteiger partial charge in [0.1, 0.15) is 6.26 Å². The highest BCUT2D eigenvalue weighted by molar-refractivity contribution is 6.28. The predicted molar refractivity (Wildman–Crippen MR) is 56.9 cm³/mol. The van der Waals surface area contributed by atoms with Crippen molar-refractivity contribution in [3.8, 4) is 11.4 Å². The van der Waals surface area contributed by atoms with Gasteiger partial charge in [-0.1, -0.05) is 0 Å². The van der Waals surface area contributed by atoms with Crippen molar-refractivity contribution in [3.63, 3.8) is 0 Å². The molecule has 5 nitrogen and oxygen atoms in total. The number of furan rings is 1. The Kier molecular flexibility index (Phi) is 2.55. The van der Waals surface area contributed by atoms with Gasteiger partial charge in [-0.15, -0.1) is 0 Å². The topological polar surface area (TPSA) is 55.1 Å². The van der Waals surface area contributed by atoms with Crippen LogP contribution in [0, 0.1) is 0 Å². The fourth-order valence-electron chi connectivity index (χ4n) is 1.06. The zero-order chi connectivity index (χ0) is 10.8. The molecule has 15 heavy (non-hydrogen) atoms. The second kappa shape index (κ2) is 3.86. The Labute approximate surface area is 91.7 Å². The summed E-state index contributed by atoms with van der Waals surface area (Å²) in [7, 11) is 3.68. The van der Waals surface area contributed by atoms with Crippen molar-refractivity contribution < 1.29 is 4.42 Å². The molecule has 0 aliphatic heterocycles. The number of halogens is 1. The Bertz CT molecular complexity index is 455. The standard InChI is InChI=1S/C9H9ClN4O/c1-14(2)9-12-7(11-8(10)13-9)6-3-4-15-5-6/h3-5H,1-2H3. The van der Waals surface area contributed by atoms with Crippen LogP contribution in [0.2, 0.25) is 5.28 Å². The van der Waals surface area contributed by atoms with Gasteiger partial charge in [0.25, 0.3) is 0 Å². The van der Waals surface area contributed by atoms with E-state index in [0.29, 0.717) is 11.8 Å². The summed E-state index contributed by atoms with van der Waals surface area (Å²) in [5, 5.41) is 0.171. The van der Waals surface area contributed by atoms with Crippen LogP contribution in [0.1, 0.15) is 0 Å². The molecule has 0 amide bonds. The Morgan fingerprint density at radius 3 is 2.67 bits per heavy atom. The summed E-state index contributed by atoms with van der Waals surface area (Å²) in [5.41, 5.74) is 0.780. The quantitative estimate of drug-likeness (QED) is 0.779. The highest BCUT2D eigenvalue weighted by atomic mass is 35.5. The first kappa shape index (κ1) is 9.92. The zero-order valence-electron chi connectivity index (χ0n) is 8.31. The molecule has 0 atom stereocenters. The molecular weight excluding hydrogens is 216 g/mol. The first-order valence-corrected chi connectivity index (χ1v) is 4.66. The third kappa shape index (κ3) is 2.07. The van der Waals surface area contributed by atoms with Crippen LogP contribution < -0.4 is 4.90 Å². The van der Waals surface area contributed by atoms with Gasteiger partial charge in [-0.05, 0) is 17.7 Å². The predicted octanol–water partition coefficient (Wildman–Crippen LogP) is 1.85. The molecule has 0 N–H and O–H groups in total. The van der Waals surface area contributed by atoms with Crippen LogP contribution in [0.5, 0.6) is 0 Å². The average Bonchev–Trinajstić information content (AvgIpc) is 2.69. The molecule has 0 unspecified atom stereocenters. The molecule has 0 saturated heterocycles. The molecule has 2 aromatic rings. The van der Waals surface area contributed by atoms with Crippen LogP contribution in [0.25, 0.3) is 11.4 Å². The number of aromatic nitrogens is 3. The van der Waals surface area contributed by atoms with Crippen molar-refractivity contribution in [2.45, 2.75) is 0 Å². The fraction of sp³-hybridized carbons (Fsp3) is 0.222. The molecule has 0 aliphatic carbocycles. The van der Waals surface area contributed by atoms with Crippen molar-refractivity contribution in [1.29, 1.82) is 0 Å². The number of rotatable bonds is 2. The van der Waals surface area contributed by atoms with Gasteiger partial charge in [-0.25, -0.2) is 0 Å². The van der Waals surface area contributed by atoms with Gasteiger partial charge in [-0.2, -0.15) is 15.0 Å². The Morgan fingerprint density at radius 1 is 1.27 bits per heavy atom. The third-order valence-electron chi connectivity index (χ3n) is 1.78. The summed E-state index contributed by atoms with van der Waals surface area (Å²) in [5.74, 6) is 1.03. The Hall–Kier alpha value is -1.62. The summed E-state index contributed by atoms with van der Waals surface area (Å²) in [6, 6.07) is 1.77. The van der Waals surface area contributed by atoms with Gasteiger partial charge in [0.05, 0.1) is 11.8 Å². The van der Waals surface area contributed by atoms with E-state index in [1.807, 2.05) is 14.1 Å². The number of anilines is 1. The van der Waals surface area contributed by atoms with E-state index in [1.54, 1.807) is 23.5 Å².